The van der Waals surface area contributed by atoms with E-state index in [1.807, 2.05) is 6.92 Å². The maximum Gasteiger partial charge on any atom is 0.255 e. The second-order valence-electron chi connectivity index (χ2n) is 7.14. The quantitative estimate of drug-likeness (QED) is 0.735. The number of methoxy groups -OCH3 is 1. The zero-order chi connectivity index (χ0) is 20.9. The highest BCUT2D eigenvalue weighted by Crippen LogP contribution is 2.28. The van der Waals surface area contributed by atoms with Crippen LogP contribution >= 0.6 is 0 Å². The SMILES string of the molecule is CCOc1cc(C(=O)Nc2cccc(S(=O)(=O)NC(C)(C)C)c2)ccc1OC. The highest BCUT2D eigenvalue weighted by Gasteiger charge is 2.22. The first-order valence-electron chi connectivity index (χ1n) is 8.82. The van der Waals surface area contributed by atoms with Crippen LogP contribution in [0.25, 0.3) is 0 Å². The van der Waals surface area contributed by atoms with Crippen molar-refractivity contribution in [2.24, 2.45) is 0 Å². The number of nitrogens with one attached hydrogen (secondary N) is 2. The van der Waals surface area contributed by atoms with Gasteiger partial charge in [0.15, 0.2) is 11.5 Å². The molecule has 0 saturated heterocycles. The highest BCUT2D eigenvalue weighted by atomic mass is 32.2. The fourth-order valence-corrected chi connectivity index (χ4v) is 3.96. The average Bonchev–Trinajstić information content (AvgIpc) is 2.60. The molecule has 0 atom stereocenters. The summed E-state index contributed by atoms with van der Waals surface area (Å²) in [4.78, 5) is 12.7. The van der Waals surface area contributed by atoms with Crippen molar-refractivity contribution in [3.63, 3.8) is 0 Å². The molecule has 0 bridgehead atoms. The number of sulfonamides is 1. The molecule has 0 aromatic heterocycles. The predicted octanol–water partition coefficient (Wildman–Crippen LogP) is 3.42. The van der Waals surface area contributed by atoms with Crippen LogP contribution in [-0.2, 0) is 10.0 Å². The van der Waals surface area contributed by atoms with Crippen molar-refractivity contribution < 1.29 is 22.7 Å². The topological polar surface area (TPSA) is 93.7 Å². The molecule has 0 saturated carbocycles. The molecule has 2 aromatic rings. The van der Waals surface area contributed by atoms with Crippen LogP contribution in [0.4, 0.5) is 5.69 Å². The molecule has 0 heterocycles. The number of carbonyl (C=O) groups excluding carboxylic acids is 1. The van der Waals surface area contributed by atoms with Gasteiger partial charge in [-0.05, 0) is 64.1 Å². The molecule has 0 fully saturated rings. The first-order valence-corrected chi connectivity index (χ1v) is 10.3. The number of hydrogen-bond acceptors (Lipinski definition) is 5. The summed E-state index contributed by atoms with van der Waals surface area (Å²) in [6.45, 7) is 7.55. The monoisotopic (exact) mass is 406 g/mol. The average molecular weight is 407 g/mol. The molecule has 0 unspecified atom stereocenters. The van der Waals surface area contributed by atoms with Gasteiger partial charge in [0.1, 0.15) is 0 Å². The minimum absolute atomic E-state index is 0.0740. The third-order valence-electron chi connectivity index (χ3n) is 3.57. The van der Waals surface area contributed by atoms with Crippen molar-refractivity contribution in [1.82, 2.24) is 4.72 Å². The molecule has 7 nitrogen and oxygen atoms in total. The van der Waals surface area contributed by atoms with Crippen LogP contribution in [0.5, 0.6) is 11.5 Å². The van der Waals surface area contributed by atoms with E-state index < -0.39 is 15.6 Å². The Kier molecular flexibility index (Phi) is 6.69. The van der Waals surface area contributed by atoms with Crippen LogP contribution in [0.1, 0.15) is 38.1 Å². The molecule has 152 valence electrons. The Morgan fingerprint density at radius 3 is 2.39 bits per heavy atom. The maximum atomic E-state index is 12.6. The van der Waals surface area contributed by atoms with E-state index in [4.69, 9.17) is 9.47 Å². The Morgan fingerprint density at radius 1 is 1.07 bits per heavy atom. The molecule has 0 spiro atoms. The van der Waals surface area contributed by atoms with Gasteiger partial charge in [-0.1, -0.05) is 6.07 Å². The number of carbonyl (C=O) groups is 1. The van der Waals surface area contributed by atoms with E-state index in [-0.39, 0.29) is 10.8 Å². The first kappa shape index (κ1) is 21.7. The summed E-state index contributed by atoms with van der Waals surface area (Å²) in [6, 6.07) is 10.9. The Labute approximate surface area is 166 Å². The second-order valence-corrected chi connectivity index (χ2v) is 8.82. The molecule has 0 aliphatic heterocycles. The van der Waals surface area contributed by atoms with Crippen LogP contribution in [0, 0.1) is 0 Å². The lowest BCUT2D eigenvalue weighted by atomic mass is 10.1. The van der Waals surface area contributed by atoms with E-state index in [1.165, 1.54) is 19.2 Å². The van der Waals surface area contributed by atoms with Crippen molar-refractivity contribution in [3.05, 3.63) is 48.0 Å². The second kappa shape index (κ2) is 8.62. The van der Waals surface area contributed by atoms with Crippen molar-refractivity contribution in [1.29, 1.82) is 0 Å². The van der Waals surface area contributed by atoms with Gasteiger partial charge in [-0.3, -0.25) is 4.79 Å². The van der Waals surface area contributed by atoms with Gasteiger partial charge in [0.25, 0.3) is 5.91 Å². The third kappa shape index (κ3) is 5.71. The number of amides is 1. The zero-order valence-electron chi connectivity index (χ0n) is 16.7. The number of rotatable bonds is 7. The molecule has 28 heavy (non-hydrogen) atoms. The van der Waals surface area contributed by atoms with Crippen molar-refractivity contribution in [2.75, 3.05) is 19.0 Å². The molecular weight excluding hydrogens is 380 g/mol. The normalized spacial score (nSPS) is 11.8. The van der Waals surface area contributed by atoms with E-state index in [1.54, 1.807) is 51.1 Å². The van der Waals surface area contributed by atoms with Crippen LogP contribution < -0.4 is 19.5 Å². The number of benzene rings is 2. The summed E-state index contributed by atoms with van der Waals surface area (Å²) >= 11 is 0. The largest absolute Gasteiger partial charge is 0.493 e. The molecule has 0 radical (unpaired) electrons. The summed E-state index contributed by atoms with van der Waals surface area (Å²) in [7, 11) is -2.18. The highest BCUT2D eigenvalue weighted by molar-refractivity contribution is 7.89. The first-order chi connectivity index (χ1) is 13.1. The van der Waals surface area contributed by atoms with Gasteiger partial charge in [0.2, 0.25) is 10.0 Å². The van der Waals surface area contributed by atoms with Crippen molar-refractivity contribution >= 4 is 21.6 Å². The molecule has 0 aliphatic carbocycles. The smallest absolute Gasteiger partial charge is 0.255 e. The van der Waals surface area contributed by atoms with E-state index >= 15 is 0 Å². The predicted molar refractivity (Wildman–Crippen MR) is 109 cm³/mol. The number of hydrogen-bond donors (Lipinski definition) is 2. The minimum Gasteiger partial charge on any atom is -0.493 e. The van der Waals surface area contributed by atoms with Gasteiger partial charge in [0, 0.05) is 16.8 Å². The van der Waals surface area contributed by atoms with Gasteiger partial charge < -0.3 is 14.8 Å². The fourth-order valence-electron chi connectivity index (χ4n) is 2.49. The molecule has 2 aromatic carbocycles. The van der Waals surface area contributed by atoms with E-state index in [0.29, 0.717) is 29.4 Å². The van der Waals surface area contributed by atoms with E-state index in [0.717, 1.165) is 0 Å². The summed E-state index contributed by atoms with van der Waals surface area (Å²) < 4.78 is 38.3. The van der Waals surface area contributed by atoms with Gasteiger partial charge in [-0.2, -0.15) is 0 Å². The molecule has 0 aliphatic rings. The third-order valence-corrected chi connectivity index (χ3v) is 5.32. The minimum atomic E-state index is -3.70. The van der Waals surface area contributed by atoms with Gasteiger partial charge in [-0.25, -0.2) is 13.1 Å². The molecule has 2 rings (SSSR count). The Hall–Kier alpha value is -2.58. The maximum absolute atomic E-state index is 12.6. The van der Waals surface area contributed by atoms with Crippen LogP contribution in [0.15, 0.2) is 47.4 Å². The summed E-state index contributed by atoms with van der Waals surface area (Å²) in [5.74, 6) is 0.602. The van der Waals surface area contributed by atoms with Crippen molar-refractivity contribution in [3.8, 4) is 11.5 Å². The van der Waals surface area contributed by atoms with Crippen LogP contribution in [0.2, 0.25) is 0 Å². The molecule has 8 heteroatoms. The van der Waals surface area contributed by atoms with Crippen LogP contribution in [-0.4, -0.2) is 33.6 Å². The summed E-state index contributed by atoms with van der Waals surface area (Å²) in [5.41, 5.74) is 0.123. The molecule has 1 amide bonds. The standard InChI is InChI=1S/C20H26N2O5S/c1-6-27-18-12-14(10-11-17(18)26-5)19(23)21-15-8-7-9-16(13-15)28(24,25)22-20(2,3)4/h7-13,22H,6H2,1-5H3,(H,21,23). The van der Waals surface area contributed by atoms with Gasteiger partial charge >= 0.3 is 0 Å². The van der Waals surface area contributed by atoms with E-state index in [2.05, 4.69) is 10.0 Å². The lowest BCUT2D eigenvalue weighted by molar-refractivity contribution is 0.102. The lowest BCUT2D eigenvalue weighted by Gasteiger charge is -2.20. The molecular formula is C20H26N2O5S. The Balaban J connectivity index is 2.25. The van der Waals surface area contributed by atoms with Gasteiger partial charge in [0.05, 0.1) is 18.6 Å². The fraction of sp³-hybridized carbons (Fsp3) is 0.350. The number of ether oxygens (including phenoxy) is 2. The van der Waals surface area contributed by atoms with Crippen LogP contribution in [0.3, 0.4) is 0 Å². The Bertz CT molecular complexity index is 949. The van der Waals surface area contributed by atoms with E-state index in [9.17, 15) is 13.2 Å². The zero-order valence-corrected chi connectivity index (χ0v) is 17.5. The Morgan fingerprint density at radius 2 is 1.79 bits per heavy atom. The van der Waals surface area contributed by atoms with Gasteiger partial charge in [-0.15, -0.1) is 0 Å². The summed E-state index contributed by atoms with van der Waals surface area (Å²) in [6.07, 6.45) is 0. The van der Waals surface area contributed by atoms with Crippen molar-refractivity contribution in [2.45, 2.75) is 38.1 Å². The molecule has 2 N–H and O–H groups in total. The lowest BCUT2D eigenvalue weighted by Crippen LogP contribution is -2.40. The summed E-state index contributed by atoms with van der Waals surface area (Å²) in [5, 5.41) is 2.71. The number of anilines is 1.